The Labute approximate surface area is 162 Å². The molecule has 0 spiro atoms. The average molecular weight is 388 g/mol. The van der Waals surface area contributed by atoms with Crippen LogP contribution in [0.2, 0.25) is 0 Å². The van der Waals surface area contributed by atoms with Crippen LogP contribution in [0.4, 0.5) is 10.2 Å². The van der Waals surface area contributed by atoms with E-state index in [1.54, 1.807) is 12.1 Å². The summed E-state index contributed by atoms with van der Waals surface area (Å²) in [6.45, 7) is 2.53. The average Bonchev–Trinajstić information content (AvgIpc) is 2.97. The molecule has 1 fully saturated rings. The number of halogens is 2. The van der Waals surface area contributed by atoms with Crippen molar-refractivity contribution < 1.29 is 9.50 Å². The lowest BCUT2D eigenvalue weighted by Gasteiger charge is -2.30. The number of fused-ring (bicyclic) bond motifs is 1. The highest BCUT2D eigenvalue weighted by Gasteiger charge is 2.32. The predicted octanol–water partition coefficient (Wildman–Crippen LogP) is 2.92. The summed E-state index contributed by atoms with van der Waals surface area (Å²) in [4.78, 5) is 13.2. The summed E-state index contributed by atoms with van der Waals surface area (Å²) < 4.78 is 15.5. The number of aryl methyl sites for hydroxylation is 1. The van der Waals surface area contributed by atoms with Crippen molar-refractivity contribution >= 4 is 29.4 Å². The van der Waals surface area contributed by atoms with E-state index >= 15 is 0 Å². The van der Waals surface area contributed by atoms with Crippen LogP contribution < -0.4 is 5.73 Å². The summed E-state index contributed by atoms with van der Waals surface area (Å²) in [5.74, 6) is 6.36. The molecule has 0 bridgehead atoms. The maximum atomic E-state index is 13.6. The van der Waals surface area contributed by atoms with E-state index in [-0.39, 0.29) is 29.9 Å². The smallest absolute Gasteiger partial charge is 0.209 e. The first-order chi connectivity index (χ1) is 12.5. The Balaban J connectivity index is 0.00000210. The fourth-order valence-corrected chi connectivity index (χ4v) is 3.03. The van der Waals surface area contributed by atoms with Gasteiger partial charge in [0.1, 0.15) is 17.2 Å². The Bertz CT molecular complexity index is 1070. The zero-order valence-electron chi connectivity index (χ0n) is 14.7. The molecule has 0 atom stereocenters. The van der Waals surface area contributed by atoms with Crippen LogP contribution in [0.15, 0.2) is 24.3 Å². The lowest BCUT2D eigenvalue weighted by molar-refractivity contribution is 0.0239. The first-order valence-corrected chi connectivity index (χ1v) is 8.54. The zero-order chi connectivity index (χ0) is 18.3. The summed E-state index contributed by atoms with van der Waals surface area (Å²) >= 11 is 0. The SMILES string of the molecule is CCn1c(-c2cccc(F)c2)nc2c(N)nc(C#CC3(O)CCC3)nc21.Cl. The number of nitrogens with zero attached hydrogens (tertiary/aromatic N) is 4. The van der Waals surface area contributed by atoms with E-state index in [0.29, 0.717) is 41.9 Å². The van der Waals surface area contributed by atoms with Gasteiger partial charge in [0, 0.05) is 12.1 Å². The van der Waals surface area contributed by atoms with Crippen LogP contribution >= 0.6 is 12.4 Å². The van der Waals surface area contributed by atoms with Gasteiger partial charge in [-0.3, -0.25) is 0 Å². The molecule has 140 valence electrons. The molecule has 2 aromatic heterocycles. The minimum Gasteiger partial charge on any atom is -0.382 e. The molecule has 1 aliphatic rings. The Morgan fingerprint density at radius 3 is 2.70 bits per heavy atom. The summed E-state index contributed by atoms with van der Waals surface area (Å²) in [7, 11) is 0. The van der Waals surface area contributed by atoms with E-state index in [0.717, 1.165) is 6.42 Å². The van der Waals surface area contributed by atoms with E-state index in [4.69, 9.17) is 5.73 Å². The zero-order valence-corrected chi connectivity index (χ0v) is 15.6. The Kier molecular flexibility index (Phi) is 5.05. The number of nitrogen functional groups attached to an aromatic ring is 1. The molecule has 1 aromatic carbocycles. The van der Waals surface area contributed by atoms with Crippen molar-refractivity contribution in [2.24, 2.45) is 0 Å². The summed E-state index contributed by atoms with van der Waals surface area (Å²) in [6, 6.07) is 6.22. The fraction of sp³-hybridized carbons (Fsp3) is 0.316. The monoisotopic (exact) mass is 387 g/mol. The quantitative estimate of drug-likeness (QED) is 0.660. The van der Waals surface area contributed by atoms with Gasteiger partial charge in [-0.2, -0.15) is 0 Å². The van der Waals surface area contributed by atoms with E-state index in [2.05, 4.69) is 26.8 Å². The van der Waals surface area contributed by atoms with E-state index in [9.17, 15) is 9.50 Å². The van der Waals surface area contributed by atoms with Gasteiger partial charge in [-0.1, -0.05) is 18.1 Å². The third kappa shape index (κ3) is 3.46. The first kappa shape index (κ1) is 19.1. The van der Waals surface area contributed by atoms with Crippen molar-refractivity contribution in [1.82, 2.24) is 19.5 Å². The van der Waals surface area contributed by atoms with Gasteiger partial charge in [0.2, 0.25) is 5.82 Å². The summed E-state index contributed by atoms with van der Waals surface area (Å²) in [5, 5.41) is 10.1. The molecule has 0 aliphatic heterocycles. The predicted molar refractivity (Wildman–Crippen MR) is 104 cm³/mol. The van der Waals surface area contributed by atoms with Gasteiger partial charge in [0.15, 0.2) is 17.0 Å². The van der Waals surface area contributed by atoms with Gasteiger partial charge >= 0.3 is 0 Å². The molecule has 8 heteroatoms. The van der Waals surface area contributed by atoms with Gasteiger partial charge in [-0.15, -0.1) is 12.4 Å². The topological polar surface area (TPSA) is 89.9 Å². The first-order valence-electron chi connectivity index (χ1n) is 8.54. The number of rotatable bonds is 2. The molecule has 27 heavy (non-hydrogen) atoms. The van der Waals surface area contributed by atoms with Crippen LogP contribution in [-0.2, 0) is 6.54 Å². The number of benzene rings is 1. The largest absolute Gasteiger partial charge is 0.382 e. The molecule has 3 aromatic rings. The van der Waals surface area contributed by atoms with Gasteiger partial charge in [0.25, 0.3) is 0 Å². The van der Waals surface area contributed by atoms with Gasteiger partial charge in [0.05, 0.1) is 0 Å². The van der Waals surface area contributed by atoms with Crippen LogP contribution in [0, 0.1) is 17.7 Å². The number of nitrogens with two attached hydrogens (primary N) is 1. The summed E-state index contributed by atoms with van der Waals surface area (Å²) in [5.41, 5.74) is 6.76. The molecule has 0 unspecified atom stereocenters. The van der Waals surface area contributed by atoms with Gasteiger partial charge < -0.3 is 15.4 Å². The highest BCUT2D eigenvalue weighted by Crippen LogP contribution is 2.31. The van der Waals surface area contributed by atoms with Crippen molar-refractivity contribution in [3.05, 3.63) is 35.9 Å². The second kappa shape index (κ2) is 7.14. The highest BCUT2D eigenvalue weighted by molar-refractivity contribution is 5.86. The molecule has 0 radical (unpaired) electrons. The van der Waals surface area contributed by atoms with E-state index in [1.165, 1.54) is 12.1 Å². The van der Waals surface area contributed by atoms with Crippen LogP contribution in [0.3, 0.4) is 0 Å². The van der Waals surface area contributed by atoms with Crippen molar-refractivity contribution in [1.29, 1.82) is 0 Å². The third-order valence-corrected chi connectivity index (χ3v) is 4.61. The minimum absolute atomic E-state index is 0. The molecule has 2 heterocycles. The fourth-order valence-electron chi connectivity index (χ4n) is 3.03. The number of aromatic nitrogens is 4. The number of imidazole rings is 1. The number of hydrogen-bond acceptors (Lipinski definition) is 5. The highest BCUT2D eigenvalue weighted by atomic mass is 35.5. The maximum Gasteiger partial charge on any atom is 0.209 e. The van der Waals surface area contributed by atoms with Gasteiger partial charge in [-0.25, -0.2) is 19.3 Å². The molecule has 0 amide bonds. The van der Waals surface area contributed by atoms with E-state index in [1.807, 2.05) is 11.5 Å². The van der Waals surface area contributed by atoms with Crippen molar-refractivity contribution in [2.75, 3.05) is 5.73 Å². The molecule has 1 aliphatic carbocycles. The van der Waals surface area contributed by atoms with Crippen molar-refractivity contribution in [2.45, 2.75) is 38.3 Å². The van der Waals surface area contributed by atoms with Crippen LogP contribution in [0.25, 0.3) is 22.6 Å². The molecule has 0 saturated heterocycles. The number of hydrogen-bond donors (Lipinski definition) is 2. The number of anilines is 1. The van der Waals surface area contributed by atoms with Crippen molar-refractivity contribution in [3.8, 4) is 23.2 Å². The van der Waals surface area contributed by atoms with Crippen LogP contribution in [0.1, 0.15) is 32.0 Å². The van der Waals surface area contributed by atoms with Crippen LogP contribution in [-0.4, -0.2) is 30.2 Å². The molecule has 1 saturated carbocycles. The molecular formula is C19H19ClFN5O. The number of aliphatic hydroxyl groups is 1. The lowest BCUT2D eigenvalue weighted by Crippen LogP contribution is -2.34. The van der Waals surface area contributed by atoms with Gasteiger partial charge in [-0.05, 0) is 44.2 Å². The summed E-state index contributed by atoms with van der Waals surface area (Å²) in [6.07, 6.45) is 2.29. The Hall–Kier alpha value is -2.69. The second-order valence-electron chi connectivity index (χ2n) is 6.43. The van der Waals surface area contributed by atoms with E-state index < -0.39 is 5.60 Å². The standard InChI is InChI=1S/C19H18FN5O.ClH/c1-2-25-17(12-5-3-6-13(20)11-12)24-15-16(21)22-14(23-18(15)25)7-10-19(26)8-4-9-19;/h3,5-6,11,26H,2,4,8-9H2,1H3,(H2,21,22,23);1H. The molecule has 3 N–H and O–H groups in total. The van der Waals surface area contributed by atoms with Crippen molar-refractivity contribution in [3.63, 3.8) is 0 Å². The normalized spacial score (nSPS) is 14.8. The second-order valence-corrected chi connectivity index (χ2v) is 6.43. The molecular weight excluding hydrogens is 369 g/mol. The maximum absolute atomic E-state index is 13.6. The molecule has 6 nitrogen and oxygen atoms in total. The molecule has 4 rings (SSSR count). The lowest BCUT2D eigenvalue weighted by atomic mass is 9.81. The Morgan fingerprint density at radius 2 is 2.07 bits per heavy atom. The minimum atomic E-state index is -0.940. The van der Waals surface area contributed by atoms with Crippen LogP contribution in [0.5, 0.6) is 0 Å². The Morgan fingerprint density at radius 1 is 1.30 bits per heavy atom. The third-order valence-electron chi connectivity index (χ3n) is 4.61.